The third kappa shape index (κ3) is 5.64. The summed E-state index contributed by atoms with van der Waals surface area (Å²) in [5.41, 5.74) is 3.12. The average Bonchev–Trinajstić information content (AvgIpc) is 2.65. The van der Waals surface area contributed by atoms with Gasteiger partial charge in [0.2, 0.25) is 0 Å². The number of benzene rings is 2. The largest absolute Gasteiger partial charge is 0.490 e. The van der Waals surface area contributed by atoms with Crippen LogP contribution in [0.25, 0.3) is 0 Å². The summed E-state index contributed by atoms with van der Waals surface area (Å²) in [6, 6.07) is 11.5. The zero-order valence-corrected chi connectivity index (χ0v) is 16.8. The van der Waals surface area contributed by atoms with Crippen molar-refractivity contribution in [2.45, 2.75) is 47.3 Å². The summed E-state index contributed by atoms with van der Waals surface area (Å²) in [6.45, 7) is 11.1. The number of carbonyl (C=O) groups is 1. The third-order valence-electron chi connectivity index (χ3n) is 4.30. The van der Waals surface area contributed by atoms with E-state index in [1.165, 1.54) is 0 Å². The van der Waals surface area contributed by atoms with Crippen LogP contribution in [0.1, 0.15) is 37.5 Å². The molecular formula is C22H29NO4. The van der Waals surface area contributed by atoms with Crippen LogP contribution in [0.3, 0.4) is 0 Å². The second kappa shape index (κ2) is 9.86. The standard InChI is InChI=1S/C22H29NO4/c1-6-25-20-12-11-18(13-21(20)26-7-2)14-23-22(24)17(5)27-19-10-8-9-15(3)16(19)4/h8-13,17H,6-7,14H2,1-5H3,(H,23,24). The predicted molar refractivity (Wildman–Crippen MR) is 107 cm³/mol. The van der Waals surface area contributed by atoms with Gasteiger partial charge in [0, 0.05) is 6.54 Å². The van der Waals surface area contributed by atoms with Gasteiger partial charge >= 0.3 is 0 Å². The maximum Gasteiger partial charge on any atom is 0.261 e. The highest BCUT2D eigenvalue weighted by atomic mass is 16.5. The lowest BCUT2D eigenvalue weighted by atomic mass is 10.1. The van der Waals surface area contributed by atoms with E-state index < -0.39 is 6.10 Å². The van der Waals surface area contributed by atoms with E-state index in [9.17, 15) is 4.79 Å². The zero-order valence-electron chi connectivity index (χ0n) is 16.8. The van der Waals surface area contributed by atoms with Gasteiger partial charge in [-0.15, -0.1) is 0 Å². The molecule has 0 radical (unpaired) electrons. The van der Waals surface area contributed by atoms with Crippen molar-refractivity contribution in [2.75, 3.05) is 13.2 Å². The molecule has 5 nitrogen and oxygen atoms in total. The van der Waals surface area contributed by atoms with Gasteiger partial charge < -0.3 is 19.5 Å². The van der Waals surface area contributed by atoms with Gasteiger partial charge in [-0.05, 0) is 69.5 Å². The molecule has 0 aromatic heterocycles. The summed E-state index contributed by atoms with van der Waals surface area (Å²) in [5, 5.41) is 2.91. The molecule has 27 heavy (non-hydrogen) atoms. The molecule has 0 bridgehead atoms. The fraction of sp³-hybridized carbons (Fsp3) is 0.409. The van der Waals surface area contributed by atoms with Gasteiger partial charge in [0.05, 0.1) is 13.2 Å². The quantitative estimate of drug-likeness (QED) is 0.718. The molecule has 0 spiro atoms. The molecule has 0 saturated heterocycles. The van der Waals surface area contributed by atoms with Gasteiger partial charge in [-0.3, -0.25) is 4.79 Å². The van der Waals surface area contributed by atoms with E-state index in [1.54, 1.807) is 6.92 Å². The molecule has 0 saturated carbocycles. The van der Waals surface area contributed by atoms with Gasteiger partial charge in [0.25, 0.3) is 5.91 Å². The van der Waals surface area contributed by atoms with Crippen molar-refractivity contribution in [3.8, 4) is 17.2 Å². The maximum absolute atomic E-state index is 12.4. The van der Waals surface area contributed by atoms with Crippen LogP contribution in [0.5, 0.6) is 17.2 Å². The van der Waals surface area contributed by atoms with Crippen molar-refractivity contribution in [2.24, 2.45) is 0 Å². The van der Waals surface area contributed by atoms with E-state index in [-0.39, 0.29) is 5.91 Å². The van der Waals surface area contributed by atoms with Gasteiger partial charge in [-0.25, -0.2) is 0 Å². The van der Waals surface area contributed by atoms with E-state index in [0.29, 0.717) is 31.3 Å². The van der Waals surface area contributed by atoms with E-state index in [2.05, 4.69) is 5.32 Å². The molecule has 146 valence electrons. The summed E-state index contributed by atoms with van der Waals surface area (Å²) >= 11 is 0. The van der Waals surface area contributed by atoms with Gasteiger partial charge in [0.15, 0.2) is 17.6 Å². The Hall–Kier alpha value is -2.69. The van der Waals surface area contributed by atoms with Crippen LogP contribution in [-0.2, 0) is 11.3 Å². The van der Waals surface area contributed by atoms with Crippen LogP contribution >= 0.6 is 0 Å². The molecule has 0 heterocycles. The van der Waals surface area contributed by atoms with Crippen molar-refractivity contribution in [1.29, 1.82) is 0 Å². The van der Waals surface area contributed by atoms with E-state index in [0.717, 1.165) is 22.4 Å². The average molecular weight is 371 g/mol. The summed E-state index contributed by atoms with van der Waals surface area (Å²) < 4.78 is 17.0. The lowest BCUT2D eigenvalue weighted by Gasteiger charge is -2.17. The molecule has 5 heteroatoms. The first-order chi connectivity index (χ1) is 13.0. The van der Waals surface area contributed by atoms with Crippen molar-refractivity contribution in [3.05, 3.63) is 53.1 Å². The number of rotatable bonds is 9. The summed E-state index contributed by atoms with van der Waals surface area (Å²) in [5.74, 6) is 1.96. The second-order valence-corrected chi connectivity index (χ2v) is 6.32. The number of hydrogen-bond acceptors (Lipinski definition) is 4. The number of aryl methyl sites for hydroxylation is 1. The van der Waals surface area contributed by atoms with Crippen LogP contribution in [0.15, 0.2) is 36.4 Å². The first-order valence-corrected chi connectivity index (χ1v) is 9.35. The number of nitrogens with one attached hydrogen (secondary N) is 1. The lowest BCUT2D eigenvalue weighted by molar-refractivity contribution is -0.127. The van der Waals surface area contributed by atoms with Crippen molar-refractivity contribution in [3.63, 3.8) is 0 Å². The Morgan fingerprint density at radius 1 is 1.00 bits per heavy atom. The Bertz CT molecular complexity index is 773. The van der Waals surface area contributed by atoms with Gasteiger partial charge in [0.1, 0.15) is 5.75 Å². The van der Waals surface area contributed by atoms with Crippen molar-refractivity contribution >= 4 is 5.91 Å². The molecule has 2 rings (SSSR count). The Morgan fingerprint density at radius 3 is 2.41 bits per heavy atom. The molecule has 0 fully saturated rings. The summed E-state index contributed by atoms with van der Waals surface area (Å²) in [6.07, 6.45) is -0.584. The Morgan fingerprint density at radius 2 is 1.70 bits per heavy atom. The number of carbonyl (C=O) groups excluding carboxylic acids is 1. The molecule has 1 N–H and O–H groups in total. The minimum Gasteiger partial charge on any atom is -0.490 e. The third-order valence-corrected chi connectivity index (χ3v) is 4.30. The van der Waals surface area contributed by atoms with Crippen molar-refractivity contribution < 1.29 is 19.0 Å². The predicted octanol–water partition coefficient (Wildman–Crippen LogP) is 4.18. The monoisotopic (exact) mass is 371 g/mol. The normalized spacial score (nSPS) is 11.6. The SMILES string of the molecule is CCOc1ccc(CNC(=O)C(C)Oc2cccc(C)c2C)cc1OCC. The van der Waals surface area contributed by atoms with Crippen LogP contribution in [-0.4, -0.2) is 25.2 Å². The topological polar surface area (TPSA) is 56.8 Å². The first-order valence-electron chi connectivity index (χ1n) is 9.35. The first kappa shape index (κ1) is 20.6. The molecule has 1 amide bonds. The number of hydrogen-bond donors (Lipinski definition) is 1. The molecule has 2 aromatic carbocycles. The molecular weight excluding hydrogens is 342 g/mol. The molecule has 0 aliphatic carbocycles. The summed E-state index contributed by atoms with van der Waals surface area (Å²) in [4.78, 5) is 12.4. The fourth-order valence-corrected chi connectivity index (χ4v) is 2.63. The fourth-order valence-electron chi connectivity index (χ4n) is 2.63. The minimum atomic E-state index is -0.584. The number of amides is 1. The van der Waals surface area contributed by atoms with Crippen molar-refractivity contribution in [1.82, 2.24) is 5.32 Å². The van der Waals surface area contributed by atoms with Crippen LogP contribution < -0.4 is 19.5 Å². The van der Waals surface area contributed by atoms with E-state index >= 15 is 0 Å². The van der Waals surface area contributed by atoms with Gasteiger partial charge in [-0.2, -0.15) is 0 Å². The zero-order chi connectivity index (χ0) is 19.8. The maximum atomic E-state index is 12.4. The Labute approximate surface area is 161 Å². The van der Waals surface area contributed by atoms with Gasteiger partial charge in [-0.1, -0.05) is 18.2 Å². The van der Waals surface area contributed by atoms with E-state index in [4.69, 9.17) is 14.2 Å². The highest BCUT2D eigenvalue weighted by molar-refractivity contribution is 5.80. The van der Waals surface area contributed by atoms with E-state index in [1.807, 2.05) is 64.1 Å². The molecule has 0 aliphatic heterocycles. The highest BCUT2D eigenvalue weighted by Gasteiger charge is 2.16. The van der Waals surface area contributed by atoms with Crippen LogP contribution in [0, 0.1) is 13.8 Å². The molecule has 1 unspecified atom stereocenters. The minimum absolute atomic E-state index is 0.164. The highest BCUT2D eigenvalue weighted by Crippen LogP contribution is 2.28. The second-order valence-electron chi connectivity index (χ2n) is 6.32. The Balaban J connectivity index is 1.97. The number of ether oxygens (including phenoxy) is 3. The van der Waals surface area contributed by atoms with Crippen LogP contribution in [0.2, 0.25) is 0 Å². The Kier molecular flexibility index (Phi) is 7.53. The molecule has 2 aromatic rings. The van der Waals surface area contributed by atoms with Crippen LogP contribution in [0.4, 0.5) is 0 Å². The molecule has 0 aliphatic rings. The lowest BCUT2D eigenvalue weighted by Crippen LogP contribution is -2.36. The molecule has 1 atom stereocenters. The summed E-state index contributed by atoms with van der Waals surface area (Å²) in [7, 11) is 0. The smallest absolute Gasteiger partial charge is 0.261 e.